The minimum atomic E-state index is -1.58. The molecule has 0 radical (unpaired) electrons. The molecule has 1 aromatic heterocycles. The smallest absolute Gasteiger partial charge is 0.265 e. The molecule has 0 bridgehead atoms. The summed E-state index contributed by atoms with van der Waals surface area (Å²) in [6, 6.07) is 7.87. The number of nitriles is 1. The Balaban J connectivity index is 2.36. The van der Waals surface area contributed by atoms with Crippen LogP contribution in [-0.4, -0.2) is 10.9 Å². The first-order valence-electron chi connectivity index (χ1n) is 6.42. The van der Waals surface area contributed by atoms with Gasteiger partial charge in [0.1, 0.15) is 5.69 Å². The summed E-state index contributed by atoms with van der Waals surface area (Å²) < 4.78 is 40.1. The van der Waals surface area contributed by atoms with Gasteiger partial charge in [-0.25, -0.2) is 13.2 Å². The van der Waals surface area contributed by atoms with Crippen molar-refractivity contribution in [1.82, 2.24) is 4.98 Å². The molecule has 7 heteroatoms. The third kappa shape index (κ3) is 2.40. The van der Waals surface area contributed by atoms with Crippen molar-refractivity contribution in [2.24, 2.45) is 5.73 Å². The molecular formula is C16H8F3N3O. The molecule has 4 nitrogen and oxygen atoms in total. The van der Waals surface area contributed by atoms with E-state index in [0.29, 0.717) is 10.9 Å². The normalized spacial score (nSPS) is 10.7. The molecule has 0 aliphatic carbocycles. The molecule has 0 saturated carbocycles. The summed E-state index contributed by atoms with van der Waals surface area (Å²) in [4.78, 5) is 14.0. The number of nitrogens with zero attached hydrogens (tertiary/aromatic N) is 1. The minimum absolute atomic E-state index is 0.0290. The number of aromatic nitrogens is 1. The monoisotopic (exact) mass is 315 g/mol. The lowest BCUT2D eigenvalue weighted by molar-refractivity contribution is 0.0996. The second-order valence-corrected chi connectivity index (χ2v) is 4.90. The summed E-state index contributed by atoms with van der Waals surface area (Å²) in [6.45, 7) is 0. The Labute approximate surface area is 127 Å². The van der Waals surface area contributed by atoms with Crippen molar-refractivity contribution in [2.75, 3.05) is 0 Å². The van der Waals surface area contributed by atoms with Crippen LogP contribution in [0.25, 0.3) is 22.0 Å². The number of rotatable bonds is 2. The van der Waals surface area contributed by atoms with Crippen LogP contribution in [-0.2, 0) is 0 Å². The van der Waals surface area contributed by atoms with E-state index in [1.165, 1.54) is 18.2 Å². The highest BCUT2D eigenvalue weighted by atomic mass is 19.2. The highest BCUT2D eigenvalue weighted by Crippen LogP contribution is 2.32. The molecular weight excluding hydrogens is 307 g/mol. The SMILES string of the molecule is N#Cc1cc(-c2cc(F)c(F)c(F)c2)c2[nH]c(C(N)=O)cc2c1. The van der Waals surface area contributed by atoms with Gasteiger partial charge in [0.05, 0.1) is 17.1 Å². The number of amides is 1. The molecule has 0 saturated heterocycles. The van der Waals surface area contributed by atoms with Gasteiger partial charge in [0.2, 0.25) is 0 Å². The van der Waals surface area contributed by atoms with Crippen molar-refractivity contribution in [3.63, 3.8) is 0 Å². The molecule has 23 heavy (non-hydrogen) atoms. The van der Waals surface area contributed by atoms with Crippen LogP contribution < -0.4 is 5.73 Å². The van der Waals surface area contributed by atoms with Gasteiger partial charge in [0, 0.05) is 10.9 Å². The maximum absolute atomic E-state index is 13.5. The lowest BCUT2D eigenvalue weighted by Gasteiger charge is -2.06. The molecule has 114 valence electrons. The van der Waals surface area contributed by atoms with Crippen LogP contribution in [0.4, 0.5) is 13.2 Å². The molecule has 2 aromatic carbocycles. The average Bonchev–Trinajstić information content (AvgIpc) is 2.95. The Hall–Kier alpha value is -3.27. The topological polar surface area (TPSA) is 82.7 Å². The highest BCUT2D eigenvalue weighted by Gasteiger charge is 2.16. The highest BCUT2D eigenvalue weighted by molar-refractivity contribution is 6.02. The molecule has 1 heterocycles. The average molecular weight is 315 g/mol. The standard InChI is InChI=1S/C16H8F3N3O/c17-11-3-8(4-12(18)14(11)19)10-2-7(6-20)1-9-5-13(16(21)23)22-15(9)10/h1-5,22H,(H2,21,23). The zero-order valence-electron chi connectivity index (χ0n) is 11.5. The number of benzene rings is 2. The molecule has 3 rings (SSSR count). The largest absolute Gasteiger partial charge is 0.364 e. The predicted molar refractivity (Wildman–Crippen MR) is 76.8 cm³/mol. The summed E-state index contributed by atoms with van der Waals surface area (Å²) in [6.07, 6.45) is 0. The lowest BCUT2D eigenvalue weighted by atomic mass is 10.00. The van der Waals surface area contributed by atoms with Gasteiger partial charge in [-0.15, -0.1) is 0 Å². The second kappa shape index (κ2) is 5.18. The summed E-state index contributed by atoms with van der Waals surface area (Å²) >= 11 is 0. The fraction of sp³-hybridized carbons (Fsp3) is 0. The van der Waals surface area contributed by atoms with E-state index in [9.17, 15) is 18.0 Å². The summed E-state index contributed by atoms with van der Waals surface area (Å²) in [7, 11) is 0. The van der Waals surface area contributed by atoms with E-state index in [2.05, 4.69) is 4.98 Å². The molecule has 1 amide bonds. The molecule has 3 N–H and O–H groups in total. The fourth-order valence-corrected chi connectivity index (χ4v) is 2.38. The van der Waals surface area contributed by atoms with Crippen LogP contribution >= 0.6 is 0 Å². The second-order valence-electron chi connectivity index (χ2n) is 4.90. The maximum Gasteiger partial charge on any atom is 0.265 e. The van der Waals surface area contributed by atoms with Crippen LogP contribution in [0.3, 0.4) is 0 Å². The number of halogens is 3. The fourth-order valence-electron chi connectivity index (χ4n) is 2.38. The van der Waals surface area contributed by atoms with E-state index in [4.69, 9.17) is 11.0 Å². The number of nitrogens with two attached hydrogens (primary N) is 1. The lowest BCUT2D eigenvalue weighted by Crippen LogP contribution is -2.10. The Morgan fingerprint density at radius 2 is 1.74 bits per heavy atom. The van der Waals surface area contributed by atoms with Crippen molar-refractivity contribution in [3.8, 4) is 17.2 Å². The zero-order valence-corrected chi connectivity index (χ0v) is 11.5. The molecule has 0 aliphatic heterocycles. The summed E-state index contributed by atoms with van der Waals surface area (Å²) in [5.41, 5.74) is 6.15. The molecule has 3 aromatic rings. The van der Waals surface area contributed by atoms with Crippen molar-refractivity contribution in [3.05, 3.63) is 59.0 Å². The first-order chi connectivity index (χ1) is 10.9. The van der Waals surface area contributed by atoms with Gasteiger partial charge in [0.25, 0.3) is 5.91 Å². The van der Waals surface area contributed by atoms with Crippen LogP contribution in [0.2, 0.25) is 0 Å². The van der Waals surface area contributed by atoms with E-state index >= 15 is 0 Å². The maximum atomic E-state index is 13.5. The number of carbonyl (C=O) groups excluding carboxylic acids is 1. The number of hydrogen-bond donors (Lipinski definition) is 2. The van der Waals surface area contributed by atoms with Crippen molar-refractivity contribution in [1.29, 1.82) is 5.26 Å². The number of fused-ring (bicyclic) bond motifs is 1. The van der Waals surface area contributed by atoms with E-state index in [1.54, 1.807) is 0 Å². The third-order valence-electron chi connectivity index (χ3n) is 3.42. The third-order valence-corrected chi connectivity index (χ3v) is 3.42. The molecule has 0 atom stereocenters. The first kappa shape index (κ1) is 14.7. The van der Waals surface area contributed by atoms with Crippen LogP contribution in [0, 0.1) is 28.8 Å². The Morgan fingerprint density at radius 1 is 1.09 bits per heavy atom. The quantitative estimate of drug-likeness (QED) is 0.712. The van der Waals surface area contributed by atoms with E-state index in [0.717, 1.165) is 12.1 Å². The van der Waals surface area contributed by atoms with Crippen LogP contribution in [0.1, 0.15) is 16.1 Å². The Morgan fingerprint density at radius 3 is 2.30 bits per heavy atom. The first-order valence-corrected chi connectivity index (χ1v) is 6.42. The Bertz CT molecular complexity index is 979. The van der Waals surface area contributed by atoms with Gasteiger partial charge >= 0.3 is 0 Å². The van der Waals surface area contributed by atoms with E-state index in [1.807, 2.05) is 6.07 Å². The van der Waals surface area contributed by atoms with Gasteiger partial charge in [-0.2, -0.15) is 5.26 Å². The minimum Gasteiger partial charge on any atom is -0.364 e. The number of nitrogens with one attached hydrogen (secondary N) is 1. The van der Waals surface area contributed by atoms with Gasteiger partial charge in [-0.05, 0) is 35.9 Å². The molecule has 0 aliphatic rings. The Kier molecular flexibility index (Phi) is 3.30. The van der Waals surface area contributed by atoms with Crippen LogP contribution in [0.15, 0.2) is 30.3 Å². The van der Waals surface area contributed by atoms with E-state index in [-0.39, 0.29) is 22.4 Å². The van der Waals surface area contributed by atoms with Crippen molar-refractivity contribution >= 4 is 16.8 Å². The number of aromatic amines is 1. The number of primary amides is 1. The molecule has 0 spiro atoms. The summed E-state index contributed by atoms with van der Waals surface area (Å²) in [5.74, 6) is -5.00. The summed E-state index contributed by atoms with van der Waals surface area (Å²) in [5, 5.41) is 9.55. The number of carbonyl (C=O) groups is 1. The van der Waals surface area contributed by atoms with Gasteiger partial charge in [-0.3, -0.25) is 4.79 Å². The van der Waals surface area contributed by atoms with Gasteiger partial charge in [-0.1, -0.05) is 0 Å². The number of hydrogen-bond acceptors (Lipinski definition) is 2. The predicted octanol–water partition coefficient (Wildman–Crippen LogP) is 3.22. The molecule has 0 unspecified atom stereocenters. The van der Waals surface area contributed by atoms with E-state index < -0.39 is 23.4 Å². The number of H-pyrrole nitrogens is 1. The molecule has 0 fully saturated rings. The van der Waals surface area contributed by atoms with Gasteiger partial charge in [0.15, 0.2) is 17.5 Å². The van der Waals surface area contributed by atoms with Gasteiger partial charge < -0.3 is 10.7 Å². The van der Waals surface area contributed by atoms with Crippen molar-refractivity contribution < 1.29 is 18.0 Å². The zero-order chi connectivity index (χ0) is 16.7. The van der Waals surface area contributed by atoms with Crippen LogP contribution in [0.5, 0.6) is 0 Å². The van der Waals surface area contributed by atoms with Crippen molar-refractivity contribution in [2.45, 2.75) is 0 Å².